The Kier molecular flexibility index (Phi) is 7.53. The first-order chi connectivity index (χ1) is 15.2. The highest BCUT2D eigenvalue weighted by molar-refractivity contribution is 6.05. The summed E-state index contributed by atoms with van der Waals surface area (Å²) in [6, 6.07) is 4.72. The fourth-order valence-corrected chi connectivity index (χ4v) is 3.99. The molecule has 1 aromatic carbocycles. The number of unbranched alkanes of at least 4 members (excludes halogenated alkanes) is 3. The third kappa shape index (κ3) is 6.08. The summed E-state index contributed by atoms with van der Waals surface area (Å²) in [5, 5.41) is 2.31. The lowest BCUT2D eigenvalue weighted by Gasteiger charge is -2.29. The molecule has 0 radical (unpaired) electrons. The van der Waals surface area contributed by atoms with E-state index in [1.54, 1.807) is 12.1 Å². The predicted octanol–water partition coefficient (Wildman–Crippen LogP) is 3.12. The maximum Gasteiger partial charge on any atom is 0.306 e. The topological polar surface area (TPSA) is 102 Å². The van der Waals surface area contributed by atoms with Crippen LogP contribution in [0.3, 0.4) is 0 Å². The largest absolute Gasteiger partial charge is 0.493 e. The normalized spacial score (nSPS) is 18.4. The van der Waals surface area contributed by atoms with E-state index in [-0.39, 0.29) is 24.2 Å². The van der Waals surface area contributed by atoms with Gasteiger partial charge in [-0.15, -0.1) is 0 Å². The Hall–Kier alpha value is -2.90. The number of hydrogen-bond donors (Lipinski definition) is 1. The molecule has 1 unspecified atom stereocenters. The van der Waals surface area contributed by atoms with Gasteiger partial charge in [0.15, 0.2) is 0 Å². The van der Waals surface area contributed by atoms with E-state index >= 15 is 0 Å². The van der Waals surface area contributed by atoms with Crippen LogP contribution >= 0.6 is 0 Å². The summed E-state index contributed by atoms with van der Waals surface area (Å²) in [4.78, 5) is 49.7. The molecule has 0 aliphatic carbocycles. The molecule has 3 rings (SSSR count). The average Bonchev–Trinajstić information content (AvgIpc) is 3.03. The van der Waals surface area contributed by atoms with Crippen LogP contribution in [0.2, 0.25) is 0 Å². The molecule has 0 bridgehead atoms. The first-order valence-corrected chi connectivity index (χ1v) is 11.3. The van der Waals surface area contributed by atoms with Crippen molar-refractivity contribution in [3.8, 4) is 5.75 Å². The van der Waals surface area contributed by atoms with E-state index in [0.717, 1.165) is 31.2 Å². The number of carbonyl (C=O) groups excluding carboxylic acids is 4. The number of piperidine rings is 1. The summed E-state index contributed by atoms with van der Waals surface area (Å²) < 4.78 is 11.2. The molecule has 1 fully saturated rings. The average molecular weight is 445 g/mol. The summed E-state index contributed by atoms with van der Waals surface area (Å²) in [5.41, 5.74) is 0.882. The summed E-state index contributed by atoms with van der Waals surface area (Å²) in [5.74, 6) is -0.442. The van der Waals surface area contributed by atoms with Crippen LogP contribution in [-0.4, -0.2) is 46.8 Å². The second-order valence-corrected chi connectivity index (χ2v) is 9.28. The zero-order valence-corrected chi connectivity index (χ0v) is 19.1. The number of ether oxygens (including phenoxy) is 2. The fourth-order valence-electron chi connectivity index (χ4n) is 3.99. The number of rotatable bonds is 9. The van der Waals surface area contributed by atoms with Crippen molar-refractivity contribution in [2.24, 2.45) is 0 Å². The lowest BCUT2D eigenvalue weighted by molar-refractivity contribution is -0.155. The molecule has 0 aromatic heterocycles. The monoisotopic (exact) mass is 444 g/mol. The summed E-state index contributed by atoms with van der Waals surface area (Å²) >= 11 is 0. The van der Waals surface area contributed by atoms with Gasteiger partial charge >= 0.3 is 5.97 Å². The first-order valence-electron chi connectivity index (χ1n) is 11.3. The van der Waals surface area contributed by atoms with Gasteiger partial charge in [0.05, 0.1) is 13.2 Å². The number of esters is 1. The van der Waals surface area contributed by atoms with Crippen LogP contribution < -0.4 is 10.1 Å². The van der Waals surface area contributed by atoms with E-state index < -0.39 is 17.6 Å². The second kappa shape index (κ2) is 10.1. The molecule has 1 N–H and O–H groups in total. The Balaban J connectivity index is 1.44. The van der Waals surface area contributed by atoms with Gasteiger partial charge in [-0.2, -0.15) is 0 Å². The molecule has 1 aromatic rings. The van der Waals surface area contributed by atoms with Crippen molar-refractivity contribution in [1.82, 2.24) is 10.2 Å². The molecule has 8 nitrogen and oxygen atoms in total. The Morgan fingerprint density at radius 2 is 1.88 bits per heavy atom. The van der Waals surface area contributed by atoms with Gasteiger partial charge in [0.1, 0.15) is 17.4 Å². The van der Waals surface area contributed by atoms with Crippen LogP contribution in [0, 0.1) is 0 Å². The molecular weight excluding hydrogens is 412 g/mol. The Morgan fingerprint density at radius 3 is 2.59 bits per heavy atom. The number of carbonyl (C=O) groups is 4. The first kappa shape index (κ1) is 23.8. The van der Waals surface area contributed by atoms with Gasteiger partial charge in [-0.3, -0.25) is 24.5 Å². The smallest absolute Gasteiger partial charge is 0.306 e. The maximum absolute atomic E-state index is 12.8. The summed E-state index contributed by atoms with van der Waals surface area (Å²) in [6.07, 6.45) is 4.45. The van der Waals surface area contributed by atoms with Crippen molar-refractivity contribution in [3.05, 3.63) is 29.3 Å². The van der Waals surface area contributed by atoms with Gasteiger partial charge in [-0.05, 0) is 52.2 Å². The van der Waals surface area contributed by atoms with E-state index in [2.05, 4.69) is 5.32 Å². The van der Waals surface area contributed by atoms with Crippen molar-refractivity contribution < 1.29 is 28.7 Å². The summed E-state index contributed by atoms with van der Waals surface area (Å²) in [6.45, 7) is 6.39. The van der Waals surface area contributed by atoms with E-state index in [4.69, 9.17) is 9.47 Å². The van der Waals surface area contributed by atoms with Crippen LogP contribution in [0.4, 0.5) is 0 Å². The van der Waals surface area contributed by atoms with E-state index in [9.17, 15) is 19.2 Å². The summed E-state index contributed by atoms with van der Waals surface area (Å²) in [7, 11) is 0. The van der Waals surface area contributed by atoms with Gasteiger partial charge < -0.3 is 14.4 Å². The molecule has 8 heteroatoms. The highest BCUT2D eigenvalue weighted by atomic mass is 16.6. The quantitative estimate of drug-likeness (QED) is 0.357. The van der Waals surface area contributed by atoms with E-state index in [0.29, 0.717) is 37.3 Å². The standard InChI is InChI=1S/C24H32N2O6/c1-24(2,3)32-21(28)11-6-4-5-7-14-31-19-10-8-9-16-17(19)15-26(23(16)30)18-12-13-20(27)25-22(18)29/h8-10,18H,4-7,11-15H2,1-3H3,(H,25,27,29). The molecule has 3 amide bonds. The van der Waals surface area contributed by atoms with E-state index in [1.807, 2.05) is 26.8 Å². The third-order valence-corrected chi connectivity index (χ3v) is 5.49. The highest BCUT2D eigenvalue weighted by Gasteiger charge is 2.40. The molecular formula is C24H32N2O6. The van der Waals surface area contributed by atoms with Crippen LogP contribution in [0.25, 0.3) is 0 Å². The van der Waals surface area contributed by atoms with Crippen LogP contribution in [0.5, 0.6) is 5.75 Å². The van der Waals surface area contributed by atoms with Gasteiger partial charge in [-0.1, -0.05) is 18.9 Å². The van der Waals surface area contributed by atoms with Crippen LogP contribution in [0.1, 0.15) is 81.6 Å². The Labute approximate surface area is 188 Å². The van der Waals surface area contributed by atoms with Crippen molar-refractivity contribution in [3.63, 3.8) is 0 Å². The van der Waals surface area contributed by atoms with Crippen molar-refractivity contribution >= 4 is 23.7 Å². The number of nitrogens with zero attached hydrogens (tertiary/aromatic N) is 1. The van der Waals surface area contributed by atoms with Gasteiger partial charge in [0.25, 0.3) is 5.91 Å². The van der Waals surface area contributed by atoms with Crippen molar-refractivity contribution in [2.75, 3.05) is 6.61 Å². The van der Waals surface area contributed by atoms with Crippen LogP contribution in [0.15, 0.2) is 18.2 Å². The van der Waals surface area contributed by atoms with Gasteiger partial charge in [0, 0.05) is 24.0 Å². The maximum atomic E-state index is 12.8. The lowest BCUT2D eigenvalue weighted by Crippen LogP contribution is -2.52. The molecule has 2 heterocycles. The molecule has 174 valence electrons. The number of hydrogen-bond acceptors (Lipinski definition) is 6. The minimum Gasteiger partial charge on any atom is -0.493 e. The van der Waals surface area contributed by atoms with E-state index in [1.165, 1.54) is 4.90 Å². The number of imide groups is 1. The molecule has 2 aliphatic heterocycles. The Bertz CT molecular complexity index is 889. The predicted molar refractivity (Wildman–Crippen MR) is 117 cm³/mol. The van der Waals surface area contributed by atoms with Gasteiger partial charge in [0.2, 0.25) is 11.8 Å². The number of benzene rings is 1. The SMILES string of the molecule is CC(C)(C)OC(=O)CCCCCCOc1cccc2c1CN(C1CCC(=O)NC1=O)C2=O. The molecule has 1 atom stereocenters. The number of nitrogens with one attached hydrogen (secondary N) is 1. The van der Waals surface area contributed by atoms with Crippen molar-refractivity contribution in [2.45, 2.75) is 83.9 Å². The fraction of sp³-hybridized carbons (Fsp3) is 0.583. The van der Waals surface area contributed by atoms with Crippen LogP contribution in [-0.2, 0) is 25.7 Å². The number of fused-ring (bicyclic) bond motifs is 1. The zero-order chi connectivity index (χ0) is 23.3. The highest BCUT2D eigenvalue weighted by Crippen LogP contribution is 2.33. The molecule has 1 saturated heterocycles. The Morgan fingerprint density at radius 1 is 1.12 bits per heavy atom. The van der Waals surface area contributed by atoms with Gasteiger partial charge in [-0.25, -0.2) is 0 Å². The molecule has 2 aliphatic rings. The molecule has 32 heavy (non-hydrogen) atoms. The second-order valence-electron chi connectivity index (χ2n) is 9.28. The molecule has 0 spiro atoms. The minimum atomic E-state index is -0.634. The van der Waals surface area contributed by atoms with Crippen molar-refractivity contribution in [1.29, 1.82) is 0 Å². The molecule has 0 saturated carbocycles. The lowest BCUT2D eigenvalue weighted by atomic mass is 10.0. The number of amides is 3. The third-order valence-electron chi connectivity index (χ3n) is 5.49. The minimum absolute atomic E-state index is 0.168. The zero-order valence-electron chi connectivity index (χ0n) is 19.1.